The fraction of sp³-hybridized carbons (Fsp3) is 0.933. The molecule has 0 saturated heterocycles. The molecule has 0 rings (SSSR count). The van der Waals surface area contributed by atoms with Gasteiger partial charge in [0, 0.05) is 12.8 Å². The van der Waals surface area contributed by atoms with Gasteiger partial charge in [0.2, 0.25) is 0 Å². The maximum atomic E-state index is 11.9. The standard InChI is InChI=1S/C15H30O/c1-5-9-12-15(8-4,11-7-3)13-14(16)10-6-2/h5-13H2,1-4H3. The van der Waals surface area contributed by atoms with Crippen molar-refractivity contribution in [2.75, 3.05) is 0 Å². The summed E-state index contributed by atoms with van der Waals surface area (Å²) in [5.41, 5.74) is 0.316. The monoisotopic (exact) mass is 226 g/mol. The SMILES string of the molecule is CCCCC(CC)(CCC)CC(=O)CCC. The van der Waals surface area contributed by atoms with Crippen molar-refractivity contribution in [3.63, 3.8) is 0 Å². The lowest BCUT2D eigenvalue weighted by Crippen LogP contribution is -2.24. The van der Waals surface area contributed by atoms with Gasteiger partial charge in [0.05, 0.1) is 0 Å². The van der Waals surface area contributed by atoms with E-state index in [9.17, 15) is 4.79 Å². The van der Waals surface area contributed by atoms with Crippen LogP contribution in [-0.2, 0) is 4.79 Å². The molecule has 0 saturated carbocycles. The molecule has 0 fully saturated rings. The van der Waals surface area contributed by atoms with E-state index in [1.54, 1.807) is 0 Å². The summed E-state index contributed by atoms with van der Waals surface area (Å²) >= 11 is 0. The molecule has 0 heterocycles. The molecular formula is C15H30O. The molecule has 16 heavy (non-hydrogen) atoms. The van der Waals surface area contributed by atoms with Crippen LogP contribution in [0.25, 0.3) is 0 Å². The van der Waals surface area contributed by atoms with Crippen LogP contribution in [0.15, 0.2) is 0 Å². The summed E-state index contributed by atoms with van der Waals surface area (Å²) in [6, 6.07) is 0. The van der Waals surface area contributed by atoms with E-state index in [1.807, 2.05) is 0 Å². The molecule has 0 aliphatic heterocycles. The Balaban J connectivity index is 4.41. The molecule has 0 aromatic heterocycles. The summed E-state index contributed by atoms with van der Waals surface area (Å²) < 4.78 is 0. The summed E-state index contributed by atoms with van der Waals surface area (Å²) in [5.74, 6) is 0.480. The van der Waals surface area contributed by atoms with Crippen LogP contribution in [0.3, 0.4) is 0 Å². The van der Waals surface area contributed by atoms with E-state index in [4.69, 9.17) is 0 Å². The van der Waals surface area contributed by atoms with Crippen molar-refractivity contribution in [1.82, 2.24) is 0 Å². The molecule has 0 aliphatic carbocycles. The molecular weight excluding hydrogens is 196 g/mol. The first-order chi connectivity index (χ1) is 7.64. The van der Waals surface area contributed by atoms with Gasteiger partial charge in [0.1, 0.15) is 5.78 Å². The van der Waals surface area contributed by atoms with Gasteiger partial charge in [-0.3, -0.25) is 4.79 Å². The van der Waals surface area contributed by atoms with Crippen LogP contribution in [0, 0.1) is 5.41 Å². The lowest BCUT2D eigenvalue weighted by molar-refractivity contribution is -0.121. The number of carbonyl (C=O) groups is 1. The summed E-state index contributed by atoms with van der Waals surface area (Å²) in [7, 11) is 0. The highest BCUT2D eigenvalue weighted by Crippen LogP contribution is 2.38. The Labute approximate surface area is 102 Å². The van der Waals surface area contributed by atoms with Crippen LogP contribution >= 0.6 is 0 Å². The largest absolute Gasteiger partial charge is 0.300 e. The fourth-order valence-electron chi connectivity index (χ4n) is 2.65. The van der Waals surface area contributed by atoms with Crippen LogP contribution in [0.2, 0.25) is 0 Å². The molecule has 0 spiro atoms. The third-order valence-corrected chi connectivity index (χ3v) is 3.69. The van der Waals surface area contributed by atoms with Gasteiger partial charge in [0.25, 0.3) is 0 Å². The predicted molar refractivity (Wildman–Crippen MR) is 71.7 cm³/mol. The van der Waals surface area contributed by atoms with E-state index < -0.39 is 0 Å². The Morgan fingerprint density at radius 2 is 1.62 bits per heavy atom. The van der Waals surface area contributed by atoms with Gasteiger partial charge in [0.15, 0.2) is 0 Å². The Morgan fingerprint density at radius 3 is 2.06 bits per heavy atom. The van der Waals surface area contributed by atoms with Gasteiger partial charge in [-0.25, -0.2) is 0 Å². The van der Waals surface area contributed by atoms with Gasteiger partial charge in [-0.1, -0.05) is 53.4 Å². The predicted octanol–water partition coefficient (Wildman–Crippen LogP) is 5.13. The molecule has 1 heteroatoms. The first-order valence-electron chi connectivity index (χ1n) is 7.15. The molecule has 0 N–H and O–H groups in total. The molecule has 0 aromatic rings. The lowest BCUT2D eigenvalue weighted by atomic mass is 9.72. The van der Waals surface area contributed by atoms with Crippen LogP contribution < -0.4 is 0 Å². The average Bonchev–Trinajstić information content (AvgIpc) is 2.26. The second kappa shape index (κ2) is 8.78. The third-order valence-electron chi connectivity index (χ3n) is 3.69. The summed E-state index contributed by atoms with van der Waals surface area (Å²) in [5, 5.41) is 0. The van der Waals surface area contributed by atoms with Gasteiger partial charge in [-0.2, -0.15) is 0 Å². The highest BCUT2D eigenvalue weighted by Gasteiger charge is 2.28. The van der Waals surface area contributed by atoms with Crippen LogP contribution in [0.1, 0.15) is 85.5 Å². The van der Waals surface area contributed by atoms with Crippen LogP contribution in [-0.4, -0.2) is 5.78 Å². The minimum atomic E-state index is 0.316. The van der Waals surface area contributed by atoms with E-state index in [0.717, 1.165) is 25.7 Å². The molecule has 0 radical (unpaired) electrons. The Morgan fingerprint density at radius 1 is 0.938 bits per heavy atom. The minimum absolute atomic E-state index is 0.316. The normalized spacial score (nSPS) is 14.8. The Bertz CT molecular complexity index is 186. The van der Waals surface area contributed by atoms with Crippen molar-refractivity contribution in [1.29, 1.82) is 0 Å². The number of Topliss-reactive ketones (excluding diaryl/α,β-unsaturated/α-hetero) is 1. The van der Waals surface area contributed by atoms with E-state index >= 15 is 0 Å². The summed E-state index contributed by atoms with van der Waals surface area (Å²) in [4.78, 5) is 11.9. The Hall–Kier alpha value is -0.330. The Kier molecular flexibility index (Phi) is 8.60. The smallest absolute Gasteiger partial charge is 0.133 e. The van der Waals surface area contributed by atoms with E-state index in [1.165, 1.54) is 32.1 Å². The highest BCUT2D eigenvalue weighted by molar-refractivity contribution is 5.79. The van der Waals surface area contributed by atoms with Crippen molar-refractivity contribution in [3.8, 4) is 0 Å². The number of ketones is 1. The van der Waals surface area contributed by atoms with Crippen LogP contribution in [0.4, 0.5) is 0 Å². The molecule has 1 nitrogen and oxygen atoms in total. The molecule has 0 bridgehead atoms. The molecule has 0 aromatic carbocycles. The van der Waals surface area contributed by atoms with E-state index in [-0.39, 0.29) is 0 Å². The van der Waals surface area contributed by atoms with Crippen molar-refractivity contribution in [2.45, 2.75) is 85.5 Å². The quantitative estimate of drug-likeness (QED) is 0.504. The topological polar surface area (TPSA) is 17.1 Å². The number of hydrogen-bond donors (Lipinski definition) is 0. The molecule has 1 unspecified atom stereocenters. The average molecular weight is 226 g/mol. The molecule has 0 aliphatic rings. The molecule has 0 amide bonds. The third kappa shape index (κ3) is 5.67. The molecule has 96 valence electrons. The van der Waals surface area contributed by atoms with Crippen molar-refractivity contribution >= 4 is 5.78 Å². The van der Waals surface area contributed by atoms with Crippen LogP contribution in [0.5, 0.6) is 0 Å². The zero-order valence-corrected chi connectivity index (χ0v) is 11.8. The number of hydrogen-bond acceptors (Lipinski definition) is 1. The second-order valence-corrected chi connectivity index (χ2v) is 5.17. The summed E-state index contributed by atoms with van der Waals surface area (Å²) in [6.45, 7) is 8.82. The zero-order valence-electron chi connectivity index (χ0n) is 11.8. The number of unbranched alkanes of at least 4 members (excludes halogenated alkanes) is 1. The second-order valence-electron chi connectivity index (χ2n) is 5.17. The highest BCUT2D eigenvalue weighted by atomic mass is 16.1. The van der Waals surface area contributed by atoms with Crippen molar-refractivity contribution in [3.05, 3.63) is 0 Å². The van der Waals surface area contributed by atoms with Gasteiger partial charge in [-0.05, 0) is 24.7 Å². The fourth-order valence-corrected chi connectivity index (χ4v) is 2.65. The first-order valence-corrected chi connectivity index (χ1v) is 7.15. The lowest BCUT2D eigenvalue weighted by Gasteiger charge is -2.32. The zero-order chi connectivity index (χ0) is 12.4. The van der Waals surface area contributed by atoms with E-state index in [2.05, 4.69) is 27.7 Å². The minimum Gasteiger partial charge on any atom is -0.300 e. The number of carbonyl (C=O) groups excluding carboxylic acids is 1. The first kappa shape index (κ1) is 15.7. The summed E-state index contributed by atoms with van der Waals surface area (Å²) in [6.07, 6.45) is 9.94. The maximum Gasteiger partial charge on any atom is 0.133 e. The van der Waals surface area contributed by atoms with Gasteiger partial charge >= 0.3 is 0 Å². The van der Waals surface area contributed by atoms with Crippen molar-refractivity contribution < 1.29 is 4.79 Å². The van der Waals surface area contributed by atoms with Gasteiger partial charge < -0.3 is 0 Å². The van der Waals surface area contributed by atoms with E-state index in [0.29, 0.717) is 11.2 Å². The molecule has 1 atom stereocenters. The van der Waals surface area contributed by atoms with Gasteiger partial charge in [-0.15, -0.1) is 0 Å². The maximum absolute atomic E-state index is 11.9. The van der Waals surface area contributed by atoms with Crippen molar-refractivity contribution in [2.24, 2.45) is 5.41 Å². The number of rotatable bonds is 10.